The molecule has 5 nitrogen and oxygen atoms in total. The molecule has 0 aromatic carbocycles. The van der Waals surface area contributed by atoms with Gasteiger partial charge in [-0.1, -0.05) is 12.1 Å². The zero-order valence-electron chi connectivity index (χ0n) is 13.2. The van der Waals surface area contributed by atoms with E-state index in [0.717, 1.165) is 18.1 Å². The van der Waals surface area contributed by atoms with Crippen LogP contribution < -0.4 is 15.4 Å². The number of nitrogens with zero attached hydrogens (tertiary/aromatic N) is 2. The highest BCUT2D eigenvalue weighted by atomic mass is 32.1. The van der Waals surface area contributed by atoms with Crippen molar-refractivity contribution in [3.05, 3.63) is 46.3 Å². The number of thiophene rings is 1. The summed E-state index contributed by atoms with van der Waals surface area (Å²) in [5.41, 5.74) is 1.08. The Morgan fingerprint density at radius 2 is 2.09 bits per heavy atom. The van der Waals surface area contributed by atoms with Crippen molar-refractivity contribution in [1.82, 2.24) is 15.6 Å². The average molecular weight is 318 g/mol. The molecule has 0 radical (unpaired) electrons. The van der Waals surface area contributed by atoms with E-state index in [4.69, 9.17) is 4.74 Å². The second-order valence-electron chi connectivity index (χ2n) is 5.03. The SMILES string of the molecule is CN=C(NCc1ccc(OC(C)C)nc1)NCc1cccs1. The van der Waals surface area contributed by atoms with Crippen LogP contribution in [0.4, 0.5) is 0 Å². The van der Waals surface area contributed by atoms with Gasteiger partial charge in [0.05, 0.1) is 12.6 Å². The van der Waals surface area contributed by atoms with Crippen LogP contribution in [0.3, 0.4) is 0 Å². The largest absolute Gasteiger partial charge is 0.475 e. The number of hydrogen-bond donors (Lipinski definition) is 2. The first-order valence-corrected chi connectivity index (χ1v) is 8.14. The maximum atomic E-state index is 5.53. The Morgan fingerprint density at radius 1 is 1.27 bits per heavy atom. The van der Waals surface area contributed by atoms with Crippen molar-refractivity contribution in [3.63, 3.8) is 0 Å². The number of rotatable bonds is 6. The van der Waals surface area contributed by atoms with E-state index in [1.165, 1.54) is 4.88 Å². The zero-order chi connectivity index (χ0) is 15.8. The minimum absolute atomic E-state index is 0.136. The van der Waals surface area contributed by atoms with E-state index in [1.54, 1.807) is 18.4 Å². The summed E-state index contributed by atoms with van der Waals surface area (Å²) in [7, 11) is 1.77. The lowest BCUT2D eigenvalue weighted by Crippen LogP contribution is -2.36. The number of hydrogen-bond acceptors (Lipinski definition) is 4. The molecule has 0 saturated heterocycles. The molecular formula is C16H22N4OS. The lowest BCUT2D eigenvalue weighted by Gasteiger charge is -2.12. The van der Waals surface area contributed by atoms with E-state index in [9.17, 15) is 0 Å². The molecule has 6 heteroatoms. The van der Waals surface area contributed by atoms with Crippen molar-refractivity contribution >= 4 is 17.3 Å². The minimum atomic E-state index is 0.136. The third-order valence-corrected chi connectivity index (χ3v) is 3.72. The summed E-state index contributed by atoms with van der Waals surface area (Å²) in [6.45, 7) is 5.41. The van der Waals surface area contributed by atoms with Gasteiger partial charge in [0.2, 0.25) is 5.88 Å². The Morgan fingerprint density at radius 3 is 2.68 bits per heavy atom. The number of aromatic nitrogens is 1. The maximum Gasteiger partial charge on any atom is 0.213 e. The van der Waals surface area contributed by atoms with Crippen molar-refractivity contribution < 1.29 is 4.74 Å². The Balaban J connectivity index is 1.80. The van der Waals surface area contributed by atoms with Gasteiger partial charge < -0.3 is 15.4 Å². The first-order valence-electron chi connectivity index (χ1n) is 7.26. The molecule has 118 valence electrons. The first-order chi connectivity index (χ1) is 10.7. The fourth-order valence-corrected chi connectivity index (χ4v) is 2.46. The molecule has 2 aromatic rings. The van der Waals surface area contributed by atoms with E-state index in [-0.39, 0.29) is 6.10 Å². The van der Waals surface area contributed by atoms with Gasteiger partial charge in [-0.3, -0.25) is 4.99 Å². The Bertz CT molecular complexity index is 579. The lowest BCUT2D eigenvalue weighted by atomic mass is 10.3. The first kappa shape index (κ1) is 16.3. The van der Waals surface area contributed by atoms with E-state index in [0.29, 0.717) is 12.4 Å². The Labute approximate surface area is 135 Å². The molecule has 0 fully saturated rings. The highest BCUT2D eigenvalue weighted by molar-refractivity contribution is 7.09. The molecule has 0 bridgehead atoms. The Hall–Kier alpha value is -2.08. The number of guanidine groups is 1. The highest BCUT2D eigenvalue weighted by Crippen LogP contribution is 2.09. The van der Waals surface area contributed by atoms with E-state index >= 15 is 0 Å². The van der Waals surface area contributed by atoms with Gasteiger partial charge in [0, 0.05) is 30.7 Å². The number of pyridine rings is 1. The average Bonchev–Trinajstić information content (AvgIpc) is 3.02. The van der Waals surface area contributed by atoms with Crippen molar-refractivity contribution in [2.75, 3.05) is 7.05 Å². The fourth-order valence-electron chi connectivity index (χ4n) is 1.82. The molecule has 0 aliphatic heterocycles. The quantitative estimate of drug-likeness (QED) is 0.635. The number of nitrogens with one attached hydrogen (secondary N) is 2. The summed E-state index contributed by atoms with van der Waals surface area (Å²) in [5, 5.41) is 8.62. The number of aliphatic imine (C=N–C) groups is 1. The molecular weight excluding hydrogens is 296 g/mol. The third-order valence-electron chi connectivity index (χ3n) is 2.85. The summed E-state index contributed by atoms with van der Waals surface area (Å²) in [4.78, 5) is 9.78. The Kier molecular flexibility index (Phi) is 6.21. The second kappa shape index (κ2) is 8.38. The summed E-state index contributed by atoms with van der Waals surface area (Å²) >= 11 is 1.73. The second-order valence-corrected chi connectivity index (χ2v) is 6.06. The monoisotopic (exact) mass is 318 g/mol. The van der Waals surface area contributed by atoms with Crippen molar-refractivity contribution in [2.45, 2.75) is 33.0 Å². The molecule has 2 rings (SSSR count). The van der Waals surface area contributed by atoms with Gasteiger partial charge in [0.1, 0.15) is 0 Å². The molecule has 2 aromatic heterocycles. The lowest BCUT2D eigenvalue weighted by molar-refractivity contribution is 0.232. The zero-order valence-corrected chi connectivity index (χ0v) is 14.0. The molecule has 2 N–H and O–H groups in total. The van der Waals surface area contributed by atoms with Crippen LogP contribution in [0.15, 0.2) is 40.8 Å². The van der Waals surface area contributed by atoms with Crippen LogP contribution in [-0.2, 0) is 13.1 Å². The van der Waals surface area contributed by atoms with Crippen LogP contribution in [-0.4, -0.2) is 24.1 Å². The minimum Gasteiger partial charge on any atom is -0.475 e. The molecule has 0 aliphatic carbocycles. The molecule has 0 saturated carbocycles. The molecule has 0 unspecified atom stereocenters. The molecule has 0 aliphatic rings. The predicted molar refractivity (Wildman–Crippen MR) is 91.4 cm³/mol. The smallest absolute Gasteiger partial charge is 0.213 e. The predicted octanol–water partition coefficient (Wildman–Crippen LogP) is 2.80. The van der Waals surface area contributed by atoms with Crippen molar-refractivity contribution in [1.29, 1.82) is 0 Å². The van der Waals surface area contributed by atoms with Crippen molar-refractivity contribution in [3.8, 4) is 5.88 Å². The van der Waals surface area contributed by atoms with E-state index in [2.05, 4.69) is 32.1 Å². The van der Waals surface area contributed by atoms with Crippen LogP contribution >= 0.6 is 11.3 Å². The van der Waals surface area contributed by atoms with E-state index in [1.807, 2.05) is 38.2 Å². The molecule has 2 heterocycles. The molecule has 22 heavy (non-hydrogen) atoms. The van der Waals surface area contributed by atoms with Gasteiger partial charge in [0.25, 0.3) is 0 Å². The maximum absolute atomic E-state index is 5.53. The van der Waals surface area contributed by atoms with Crippen molar-refractivity contribution in [2.24, 2.45) is 4.99 Å². The van der Waals surface area contributed by atoms with Gasteiger partial charge in [-0.05, 0) is 30.9 Å². The van der Waals surface area contributed by atoms with Crippen LogP contribution in [0.2, 0.25) is 0 Å². The van der Waals surface area contributed by atoms with Gasteiger partial charge in [-0.25, -0.2) is 4.98 Å². The van der Waals surface area contributed by atoms with Gasteiger partial charge in [-0.15, -0.1) is 11.3 Å². The normalized spacial score (nSPS) is 11.5. The fraction of sp³-hybridized carbons (Fsp3) is 0.375. The van der Waals surface area contributed by atoms with Crippen LogP contribution in [0.25, 0.3) is 0 Å². The summed E-state index contributed by atoms with van der Waals surface area (Å²) in [6, 6.07) is 8.04. The summed E-state index contributed by atoms with van der Waals surface area (Å²) in [5.74, 6) is 1.43. The topological polar surface area (TPSA) is 58.5 Å². The molecule has 0 atom stereocenters. The molecule has 0 amide bonds. The standard InChI is InChI=1S/C16H22N4OS/c1-12(2)21-15-7-6-13(9-18-15)10-19-16(17-3)20-11-14-5-4-8-22-14/h4-9,12H,10-11H2,1-3H3,(H2,17,19,20). The summed E-state index contributed by atoms with van der Waals surface area (Å²) in [6.07, 6.45) is 1.95. The third kappa shape index (κ3) is 5.37. The highest BCUT2D eigenvalue weighted by Gasteiger charge is 2.02. The number of ether oxygens (including phenoxy) is 1. The van der Waals surface area contributed by atoms with Crippen LogP contribution in [0, 0.1) is 0 Å². The van der Waals surface area contributed by atoms with Gasteiger partial charge in [0.15, 0.2) is 5.96 Å². The molecule has 0 spiro atoms. The van der Waals surface area contributed by atoms with Crippen LogP contribution in [0.5, 0.6) is 5.88 Å². The van der Waals surface area contributed by atoms with Gasteiger partial charge in [-0.2, -0.15) is 0 Å². The van der Waals surface area contributed by atoms with E-state index < -0.39 is 0 Å². The summed E-state index contributed by atoms with van der Waals surface area (Å²) < 4.78 is 5.53. The van der Waals surface area contributed by atoms with Gasteiger partial charge >= 0.3 is 0 Å². The van der Waals surface area contributed by atoms with Crippen LogP contribution in [0.1, 0.15) is 24.3 Å².